The Bertz CT molecular complexity index is 2500. The molecule has 0 fully saturated rings. The Morgan fingerprint density at radius 2 is 1.15 bits per heavy atom. The Kier molecular flexibility index (Phi) is 7.61. The highest BCUT2D eigenvalue weighted by Crippen LogP contribution is 2.66. The van der Waals surface area contributed by atoms with Gasteiger partial charge in [0.15, 0.2) is 0 Å². The minimum absolute atomic E-state index is 0.224. The zero-order chi connectivity index (χ0) is 35.2. The van der Waals surface area contributed by atoms with E-state index in [4.69, 9.17) is 4.99 Å². The zero-order valence-electron chi connectivity index (χ0n) is 29.4. The van der Waals surface area contributed by atoms with E-state index in [1.807, 2.05) is 6.21 Å². The number of para-hydroxylation sites is 3. The highest BCUT2D eigenvalue weighted by atomic mass is 15.2. The number of rotatable bonds is 6. The van der Waals surface area contributed by atoms with Crippen LogP contribution in [0.4, 0.5) is 17.1 Å². The molecule has 0 bridgehead atoms. The third-order valence-corrected chi connectivity index (χ3v) is 11.4. The van der Waals surface area contributed by atoms with Crippen LogP contribution in [0.1, 0.15) is 44.9 Å². The van der Waals surface area contributed by atoms with Gasteiger partial charge in [0.25, 0.3) is 0 Å². The van der Waals surface area contributed by atoms with E-state index in [1.165, 1.54) is 67.1 Å². The number of nitrogens with zero attached hydrogens (tertiary/aromatic N) is 2. The fraction of sp³-hybridized carbons (Fsp3) is 0.0784. The predicted molar refractivity (Wildman–Crippen MR) is 220 cm³/mol. The van der Waals surface area contributed by atoms with Crippen molar-refractivity contribution in [3.05, 3.63) is 239 Å². The van der Waals surface area contributed by atoms with E-state index >= 15 is 0 Å². The number of benzene rings is 7. The molecule has 0 radical (unpaired) electrons. The van der Waals surface area contributed by atoms with Gasteiger partial charge in [0.05, 0.1) is 23.3 Å². The van der Waals surface area contributed by atoms with Crippen molar-refractivity contribution < 1.29 is 0 Å². The molecule has 252 valence electrons. The van der Waals surface area contributed by atoms with Crippen LogP contribution in [0, 0.1) is 5.92 Å². The molecule has 1 aliphatic heterocycles. The molecule has 0 N–H and O–H groups in total. The van der Waals surface area contributed by atoms with Crippen molar-refractivity contribution in [1.29, 1.82) is 0 Å². The molecule has 0 saturated heterocycles. The molecule has 7 aromatic carbocycles. The van der Waals surface area contributed by atoms with Crippen molar-refractivity contribution in [2.45, 2.75) is 17.9 Å². The lowest BCUT2D eigenvalue weighted by molar-refractivity contribution is 0.455. The Morgan fingerprint density at radius 1 is 0.547 bits per heavy atom. The van der Waals surface area contributed by atoms with Crippen molar-refractivity contribution in [3.8, 4) is 11.1 Å². The molecule has 1 spiro atoms. The molecule has 2 heteroatoms. The summed E-state index contributed by atoms with van der Waals surface area (Å²) >= 11 is 0. The first-order valence-electron chi connectivity index (χ1n) is 18.6. The molecule has 10 rings (SSSR count). The summed E-state index contributed by atoms with van der Waals surface area (Å²) in [5, 5.41) is 0. The average molecular weight is 679 g/mol. The SMILES string of the molecule is C1=CC2C(C=C1c1cccc(/C=N/Cc3ccc(-c4ccccc4)cc3)c1)c1ccccc1C21c2ccccc2N(c2ccccc2)c2ccccc21. The fourth-order valence-electron chi connectivity index (χ4n) is 9.17. The Hall–Kier alpha value is -6.51. The molecular formula is C51H38N2. The average Bonchev–Trinajstić information content (AvgIpc) is 3.52. The highest BCUT2D eigenvalue weighted by Gasteiger charge is 2.57. The van der Waals surface area contributed by atoms with Gasteiger partial charge in [-0.25, -0.2) is 0 Å². The van der Waals surface area contributed by atoms with Gasteiger partial charge in [0.1, 0.15) is 0 Å². The largest absolute Gasteiger partial charge is 0.310 e. The lowest BCUT2D eigenvalue weighted by atomic mass is 9.60. The smallest absolute Gasteiger partial charge is 0.0639 e. The van der Waals surface area contributed by atoms with Gasteiger partial charge in [-0.1, -0.05) is 170 Å². The second-order valence-corrected chi connectivity index (χ2v) is 14.3. The van der Waals surface area contributed by atoms with Crippen molar-refractivity contribution in [2.75, 3.05) is 4.90 Å². The topological polar surface area (TPSA) is 15.6 Å². The normalized spacial score (nSPS) is 17.6. The Balaban J connectivity index is 0.994. The Labute approximate surface area is 311 Å². The first kappa shape index (κ1) is 31.2. The van der Waals surface area contributed by atoms with Crippen LogP contribution >= 0.6 is 0 Å². The second kappa shape index (κ2) is 12.9. The van der Waals surface area contributed by atoms with E-state index in [1.54, 1.807) is 0 Å². The van der Waals surface area contributed by atoms with Crippen LogP contribution in [-0.4, -0.2) is 6.21 Å². The molecule has 0 aromatic heterocycles. The maximum absolute atomic E-state index is 4.84. The maximum Gasteiger partial charge on any atom is 0.0639 e. The molecule has 53 heavy (non-hydrogen) atoms. The third-order valence-electron chi connectivity index (χ3n) is 11.4. The third kappa shape index (κ3) is 5.13. The van der Waals surface area contributed by atoms with E-state index in [0.717, 1.165) is 5.56 Å². The predicted octanol–water partition coefficient (Wildman–Crippen LogP) is 12.5. The number of hydrogen-bond acceptors (Lipinski definition) is 2. The summed E-state index contributed by atoms with van der Waals surface area (Å²) in [5.74, 6) is 0.452. The van der Waals surface area contributed by atoms with Crippen LogP contribution in [0.25, 0.3) is 16.7 Å². The van der Waals surface area contributed by atoms with E-state index in [0.29, 0.717) is 6.54 Å². The van der Waals surface area contributed by atoms with E-state index in [2.05, 4.69) is 205 Å². The van der Waals surface area contributed by atoms with Crippen LogP contribution < -0.4 is 4.90 Å². The van der Waals surface area contributed by atoms with E-state index < -0.39 is 0 Å². The van der Waals surface area contributed by atoms with Crippen LogP contribution in [-0.2, 0) is 12.0 Å². The zero-order valence-corrected chi connectivity index (χ0v) is 29.4. The lowest BCUT2D eigenvalue weighted by Gasteiger charge is -2.47. The molecule has 2 nitrogen and oxygen atoms in total. The van der Waals surface area contributed by atoms with Crippen LogP contribution in [0.15, 0.2) is 205 Å². The molecule has 2 atom stereocenters. The second-order valence-electron chi connectivity index (χ2n) is 14.3. The highest BCUT2D eigenvalue weighted by molar-refractivity contribution is 5.90. The lowest BCUT2D eigenvalue weighted by Crippen LogP contribution is -2.40. The van der Waals surface area contributed by atoms with E-state index in [9.17, 15) is 0 Å². The number of anilines is 3. The summed E-state index contributed by atoms with van der Waals surface area (Å²) < 4.78 is 0. The monoisotopic (exact) mass is 678 g/mol. The number of hydrogen-bond donors (Lipinski definition) is 0. The van der Waals surface area contributed by atoms with Gasteiger partial charge in [0, 0.05) is 23.7 Å². The van der Waals surface area contributed by atoms with Crippen molar-refractivity contribution in [2.24, 2.45) is 10.9 Å². The summed E-state index contributed by atoms with van der Waals surface area (Å²) in [6.07, 6.45) is 9.41. The summed E-state index contributed by atoms with van der Waals surface area (Å²) in [4.78, 5) is 7.30. The maximum atomic E-state index is 4.84. The molecule has 0 amide bonds. The van der Waals surface area contributed by atoms with Crippen molar-refractivity contribution >= 4 is 28.8 Å². The first-order valence-corrected chi connectivity index (χ1v) is 18.6. The number of fused-ring (bicyclic) bond motifs is 9. The molecule has 2 unspecified atom stereocenters. The van der Waals surface area contributed by atoms with Gasteiger partial charge >= 0.3 is 0 Å². The Morgan fingerprint density at radius 3 is 1.89 bits per heavy atom. The van der Waals surface area contributed by atoms with Gasteiger partial charge in [-0.2, -0.15) is 0 Å². The summed E-state index contributed by atoms with van der Waals surface area (Å²) in [7, 11) is 0. The van der Waals surface area contributed by atoms with Crippen LogP contribution in [0.3, 0.4) is 0 Å². The van der Waals surface area contributed by atoms with Gasteiger partial charge in [-0.3, -0.25) is 4.99 Å². The van der Waals surface area contributed by atoms with Crippen molar-refractivity contribution in [3.63, 3.8) is 0 Å². The number of allylic oxidation sites excluding steroid dienone is 4. The van der Waals surface area contributed by atoms with E-state index in [-0.39, 0.29) is 17.3 Å². The number of aliphatic imine (C=N–C) groups is 1. The first-order chi connectivity index (χ1) is 26.3. The molecular weight excluding hydrogens is 641 g/mol. The van der Waals surface area contributed by atoms with Gasteiger partial charge in [-0.05, 0) is 86.0 Å². The van der Waals surface area contributed by atoms with Gasteiger partial charge < -0.3 is 4.90 Å². The molecule has 7 aromatic rings. The molecule has 0 saturated carbocycles. The summed E-state index contributed by atoms with van der Waals surface area (Å²) in [6.45, 7) is 0.648. The molecule has 2 aliphatic carbocycles. The summed E-state index contributed by atoms with van der Waals surface area (Å²) in [6, 6.07) is 66.2. The van der Waals surface area contributed by atoms with Gasteiger partial charge in [0.2, 0.25) is 0 Å². The summed E-state index contributed by atoms with van der Waals surface area (Å²) in [5.41, 5.74) is 16.1. The standard InChI is InChI=1S/C51H38N2/c1-3-15-38(16-4-1)39-28-26-36(27-29-39)34-52-35-37-14-13-17-40(32-37)41-30-31-46-44(33-41)43-20-7-8-21-45(43)51(46)47-22-9-11-24-49(47)53(42-18-5-2-6-19-42)50-25-12-10-23-48(50)51/h1-33,35,44,46H,34H2/b52-35+. The minimum Gasteiger partial charge on any atom is -0.310 e. The van der Waals surface area contributed by atoms with Crippen LogP contribution in [0.5, 0.6) is 0 Å². The van der Waals surface area contributed by atoms with Crippen LogP contribution in [0.2, 0.25) is 0 Å². The van der Waals surface area contributed by atoms with Gasteiger partial charge in [-0.15, -0.1) is 0 Å². The molecule has 1 heterocycles. The fourth-order valence-corrected chi connectivity index (χ4v) is 9.17. The van der Waals surface area contributed by atoms with Crippen molar-refractivity contribution in [1.82, 2.24) is 0 Å². The quantitative estimate of drug-likeness (QED) is 0.160. The minimum atomic E-state index is -0.327. The molecule has 3 aliphatic rings.